The van der Waals surface area contributed by atoms with Crippen LogP contribution in [0.3, 0.4) is 0 Å². The summed E-state index contributed by atoms with van der Waals surface area (Å²) in [5.41, 5.74) is 0. The van der Waals surface area contributed by atoms with Gasteiger partial charge in [0.25, 0.3) is 0 Å². The molecule has 1 nitrogen and oxygen atoms in total. The summed E-state index contributed by atoms with van der Waals surface area (Å²) in [5.74, 6) is 0. The molecular weight excluding hydrogens is 107 g/mol. The predicted molar refractivity (Wildman–Crippen MR) is 31.1 cm³/mol. The molecule has 0 aliphatic heterocycles. The van der Waals surface area contributed by atoms with Gasteiger partial charge >= 0.3 is 0 Å². The third-order valence-electron chi connectivity index (χ3n) is 0.763. The first-order chi connectivity index (χ1) is 3.91. The Morgan fingerprint density at radius 2 is 2.38 bits per heavy atom. The van der Waals surface area contributed by atoms with Crippen LogP contribution in [0.4, 0.5) is 4.39 Å². The van der Waals surface area contributed by atoms with E-state index in [1.54, 1.807) is 0 Å². The first-order valence-corrected chi connectivity index (χ1v) is 2.78. The van der Waals surface area contributed by atoms with E-state index >= 15 is 0 Å². The van der Waals surface area contributed by atoms with Gasteiger partial charge in [-0.2, -0.15) is 0 Å². The smallest absolute Gasteiger partial charge is 0.121 e. The van der Waals surface area contributed by atoms with Gasteiger partial charge in [0.2, 0.25) is 0 Å². The lowest BCUT2D eigenvalue weighted by molar-refractivity contribution is 0.239. The third kappa shape index (κ3) is 5.47. The van der Waals surface area contributed by atoms with E-state index in [2.05, 4.69) is 11.7 Å². The Hall–Kier alpha value is -0.530. The monoisotopic (exact) mass is 118 g/mol. The van der Waals surface area contributed by atoms with Crippen LogP contribution in [-0.2, 0) is 4.74 Å². The number of rotatable bonds is 4. The molecule has 0 spiro atoms. The van der Waals surface area contributed by atoms with Crippen LogP contribution in [0.15, 0.2) is 12.6 Å². The number of hydrogen-bond acceptors (Lipinski definition) is 1. The second kappa shape index (κ2) is 6.47. The average Bonchev–Trinajstić information content (AvgIpc) is 1.81. The molecule has 0 amide bonds. The Bertz CT molecular complexity index is 61.5. The molecule has 0 radical (unpaired) electrons. The lowest BCUT2D eigenvalue weighted by atomic mass is 10.4. The molecule has 0 aromatic heterocycles. The van der Waals surface area contributed by atoms with Crippen molar-refractivity contribution in [1.29, 1.82) is 0 Å². The lowest BCUT2D eigenvalue weighted by Gasteiger charge is -1.94. The van der Waals surface area contributed by atoms with Crippen LogP contribution >= 0.6 is 0 Å². The summed E-state index contributed by atoms with van der Waals surface area (Å²) in [6, 6.07) is 0. The highest BCUT2D eigenvalue weighted by Crippen LogP contribution is 1.87. The van der Waals surface area contributed by atoms with E-state index in [9.17, 15) is 4.39 Å². The molecule has 0 saturated carbocycles. The molecule has 0 rings (SSSR count). The Labute approximate surface area is 49.2 Å². The van der Waals surface area contributed by atoms with Gasteiger partial charge in [-0.25, -0.2) is 4.39 Å². The van der Waals surface area contributed by atoms with Crippen molar-refractivity contribution in [3.05, 3.63) is 12.6 Å². The van der Waals surface area contributed by atoms with Gasteiger partial charge < -0.3 is 4.74 Å². The third-order valence-corrected chi connectivity index (χ3v) is 0.763. The van der Waals surface area contributed by atoms with Gasteiger partial charge in [-0.3, -0.25) is 0 Å². The zero-order valence-corrected chi connectivity index (χ0v) is 5.06. The molecule has 0 fully saturated rings. The summed E-state index contributed by atoms with van der Waals surface area (Å²) in [6.45, 7) is 2.68. The topological polar surface area (TPSA) is 9.23 Å². The van der Waals surface area contributed by atoms with Crippen molar-refractivity contribution in [1.82, 2.24) is 0 Å². The maximum Gasteiger partial charge on any atom is 0.121 e. The van der Waals surface area contributed by atoms with Crippen LogP contribution < -0.4 is 0 Å². The average molecular weight is 118 g/mol. The molecule has 0 aliphatic rings. The van der Waals surface area contributed by atoms with Crippen molar-refractivity contribution in [3.63, 3.8) is 0 Å². The van der Waals surface area contributed by atoms with E-state index in [1.165, 1.54) is 0 Å². The molecule has 0 aliphatic carbocycles. The largest absolute Gasteiger partial charge is 0.499 e. The quantitative estimate of drug-likeness (QED) is 0.406. The van der Waals surface area contributed by atoms with Crippen molar-refractivity contribution in [2.75, 3.05) is 6.61 Å². The fourth-order valence-corrected chi connectivity index (χ4v) is 0.332. The van der Waals surface area contributed by atoms with Crippen LogP contribution in [0.1, 0.15) is 19.8 Å². The molecule has 2 heteroatoms. The van der Waals surface area contributed by atoms with Crippen LogP contribution in [0.2, 0.25) is 0 Å². The highest BCUT2D eigenvalue weighted by molar-refractivity contribution is 4.56. The Balaban J connectivity index is 2.72. The number of halogens is 1. The van der Waals surface area contributed by atoms with Gasteiger partial charge in [0.1, 0.15) is 12.6 Å². The van der Waals surface area contributed by atoms with Gasteiger partial charge in [0.15, 0.2) is 0 Å². The molecule has 0 aromatic carbocycles. The number of hydrogen-bond donors (Lipinski definition) is 0. The summed E-state index contributed by atoms with van der Waals surface area (Å²) in [7, 11) is 0. The molecule has 0 N–H and O–H groups in total. The van der Waals surface area contributed by atoms with E-state index in [-0.39, 0.29) is 0 Å². The predicted octanol–water partition coefficient (Wildman–Crippen LogP) is 2.24. The summed E-state index contributed by atoms with van der Waals surface area (Å²) in [4.78, 5) is 0. The minimum atomic E-state index is 0.398. The Morgan fingerprint density at radius 1 is 1.62 bits per heavy atom. The number of ether oxygens (including phenoxy) is 1. The molecule has 0 atom stereocenters. The first-order valence-electron chi connectivity index (χ1n) is 2.78. The minimum Gasteiger partial charge on any atom is -0.499 e. The Kier molecular flexibility index (Phi) is 6.04. The molecule has 0 unspecified atom stereocenters. The molecule has 0 saturated heterocycles. The standard InChI is InChI=1S/C6H11FO/c1-2-3-5-8-6-4-7/h4,6H,2-3,5H2,1H3. The molecule has 0 heterocycles. The molecule has 8 heavy (non-hydrogen) atoms. The second-order valence-corrected chi connectivity index (χ2v) is 1.49. The highest BCUT2D eigenvalue weighted by atomic mass is 19.1. The lowest BCUT2D eigenvalue weighted by Crippen LogP contribution is -1.83. The van der Waals surface area contributed by atoms with Crippen molar-refractivity contribution < 1.29 is 9.13 Å². The normalized spacial score (nSPS) is 10.2. The minimum absolute atomic E-state index is 0.398. The fourth-order valence-electron chi connectivity index (χ4n) is 0.332. The van der Waals surface area contributed by atoms with Gasteiger partial charge in [-0.05, 0) is 6.42 Å². The molecular formula is C6H11FO. The SMILES string of the molecule is CCCCOC=CF. The van der Waals surface area contributed by atoms with Gasteiger partial charge in [-0.15, -0.1) is 0 Å². The highest BCUT2D eigenvalue weighted by Gasteiger charge is 1.77. The van der Waals surface area contributed by atoms with Gasteiger partial charge in [-0.1, -0.05) is 13.3 Å². The summed E-state index contributed by atoms with van der Waals surface area (Å²) in [6.07, 6.45) is 3.54. The summed E-state index contributed by atoms with van der Waals surface area (Å²) >= 11 is 0. The van der Waals surface area contributed by atoms with E-state index in [4.69, 9.17) is 0 Å². The summed E-state index contributed by atoms with van der Waals surface area (Å²) in [5, 5.41) is 0. The van der Waals surface area contributed by atoms with Gasteiger partial charge in [0, 0.05) is 0 Å². The zero-order chi connectivity index (χ0) is 6.24. The second-order valence-electron chi connectivity index (χ2n) is 1.49. The van der Waals surface area contributed by atoms with Crippen LogP contribution in [0.5, 0.6) is 0 Å². The fraction of sp³-hybridized carbons (Fsp3) is 0.667. The van der Waals surface area contributed by atoms with Crippen LogP contribution in [0, 0.1) is 0 Å². The first kappa shape index (κ1) is 7.47. The van der Waals surface area contributed by atoms with E-state index < -0.39 is 0 Å². The maximum absolute atomic E-state index is 11.1. The summed E-state index contributed by atoms with van der Waals surface area (Å²) < 4.78 is 15.8. The Morgan fingerprint density at radius 3 is 2.88 bits per heavy atom. The van der Waals surface area contributed by atoms with Crippen LogP contribution in [-0.4, -0.2) is 6.61 Å². The van der Waals surface area contributed by atoms with E-state index in [0.29, 0.717) is 12.9 Å². The van der Waals surface area contributed by atoms with Crippen LogP contribution in [0.25, 0.3) is 0 Å². The zero-order valence-electron chi connectivity index (χ0n) is 5.06. The van der Waals surface area contributed by atoms with E-state index in [1.807, 2.05) is 0 Å². The molecule has 0 bridgehead atoms. The van der Waals surface area contributed by atoms with E-state index in [0.717, 1.165) is 19.1 Å². The van der Waals surface area contributed by atoms with Crippen molar-refractivity contribution in [2.24, 2.45) is 0 Å². The van der Waals surface area contributed by atoms with Crippen molar-refractivity contribution >= 4 is 0 Å². The molecule has 48 valence electrons. The van der Waals surface area contributed by atoms with Crippen molar-refractivity contribution in [3.8, 4) is 0 Å². The maximum atomic E-state index is 11.1. The van der Waals surface area contributed by atoms with Gasteiger partial charge in [0.05, 0.1) is 6.61 Å². The number of unbranched alkanes of at least 4 members (excludes halogenated alkanes) is 1. The van der Waals surface area contributed by atoms with Crippen molar-refractivity contribution in [2.45, 2.75) is 19.8 Å². The molecule has 0 aromatic rings.